The van der Waals surface area contributed by atoms with Gasteiger partial charge in [-0.3, -0.25) is 28.9 Å². The lowest BCUT2D eigenvalue weighted by Gasteiger charge is -2.42. The Morgan fingerprint density at radius 2 is 1.61 bits per heavy atom. The Kier molecular flexibility index (Phi) is 11.9. The Bertz CT molecular complexity index is 1160. The third-order valence-electron chi connectivity index (χ3n) is 8.10. The smallest absolute Gasteiger partial charge is 0.383 e. The fourth-order valence-electron chi connectivity index (χ4n) is 5.33. The van der Waals surface area contributed by atoms with Crippen molar-refractivity contribution in [1.29, 1.82) is 0 Å². The number of nitrogens with one attached hydrogen (secondary N) is 1. The number of nitrogens with two attached hydrogens (primary N) is 1. The lowest BCUT2D eigenvalue weighted by Crippen LogP contribution is -2.71. The summed E-state index contributed by atoms with van der Waals surface area (Å²) < 4.78 is 30.7. The third-order valence-corrected chi connectivity index (χ3v) is 8.10. The van der Waals surface area contributed by atoms with E-state index < -0.39 is 89.9 Å². The molecule has 0 radical (unpaired) electrons. The number of carboxylic acids is 1. The van der Waals surface area contributed by atoms with Gasteiger partial charge in [0.2, 0.25) is 5.78 Å². The number of imide groups is 1. The molecule has 248 valence electrons. The number of aliphatic carboxylic acids is 1. The van der Waals surface area contributed by atoms with Gasteiger partial charge in [-0.15, -0.1) is 0 Å². The number of nitrogens with zero attached hydrogens (tertiary/aromatic N) is 4. The highest BCUT2D eigenvalue weighted by atomic mass is 19.3. The molecule has 0 saturated carbocycles. The van der Waals surface area contributed by atoms with E-state index in [-0.39, 0.29) is 26.2 Å². The minimum Gasteiger partial charge on any atom is -0.480 e. The molecule has 6 amide bonds. The monoisotopic (exact) mass is 630 g/mol. The number of carboxylic acid groups (broad SMARTS) is 1. The van der Waals surface area contributed by atoms with E-state index in [1.54, 1.807) is 13.8 Å². The van der Waals surface area contributed by atoms with Gasteiger partial charge in [-0.2, -0.15) is 8.78 Å². The van der Waals surface area contributed by atoms with Crippen LogP contribution in [0, 0.1) is 11.8 Å². The highest BCUT2D eigenvalue weighted by molar-refractivity contribution is 6.18. The van der Waals surface area contributed by atoms with Crippen LogP contribution in [0.25, 0.3) is 0 Å². The Morgan fingerprint density at radius 1 is 1.05 bits per heavy atom. The summed E-state index contributed by atoms with van der Waals surface area (Å²) in [6, 6.07) is -4.51. The van der Waals surface area contributed by atoms with E-state index in [1.165, 1.54) is 32.6 Å². The normalized spacial score (nSPS) is 19.3. The molecule has 0 aromatic carbocycles. The maximum atomic E-state index is 15.3. The van der Waals surface area contributed by atoms with Gasteiger partial charge in [-0.1, -0.05) is 34.6 Å². The topological polar surface area (TPSA) is 191 Å². The Morgan fingerprint density at radius 3 is 2.07 bits per heavy atom. The van der Waals surface area contributed by atoms with Crippen molar-refractivity contribution in [3.8, 4) is 0 Å². The van der Waals surface area contributed by atoms with Crippen LogP contribution in [-0.2, 0) is 24.0 Å². The van der Waals surface area contributed by atoms with E-state index >= 15 is 8.78 Å². The van der Waals surface area contributed by atoms with Crippen molar-refractivity contribution in [3.63, 3.8) is 0 Å². The number of rotatable bonds is 14. The minimum absolute atomic E-state index is 0.0117. The summed E-state index contributed by atoms with van der Waals surface area (Å²) in [5, 5.41) is 11.0. The molecule has 0 aromatic rings. The Hall–Kier alpha value is -3.69. The van der Waals surface area contributed by atoms with Crippen molar-refractivity contribution in [3.05, 3.63) is 0 Å². The number of Topliss-reactive ketones (excluding diaryl/α,β-unsaturated/α-hetero) is 2. The van der Waals surface area contributed by atoms with Gasteiger partial charge in [0.05, 0.1) is 6.54 Å². The van der Waals surface area contributed by atoms with Gasteiger partial charge in [0.15, 0.2) is 11.3 Å². The van der Waals surface area contributed by atoms with Crippen LogP contribution < -0.4 is 11.1 Å². The molecule has 0 bridgehead atoms. The van der Waals surface area contributed by atoms with Gasteiger partial charge in [-0.05, 0) is 38.0 Å². The van der Waals surface area contributed by atoms with Crippen LogP contribution in [0.2, 0.25) is 0 Å². The molecular formula is C28H44F2N6O8. The number of carbonyl (C=O) groups is 7. The standard InChI is InChI=1S/C28H44F2N6O8/c1-7-10-32-23(41)28(29,30)22(40)21(16(2)3)36(26(44)35-11-8-9-18(35)6)24(42)27(31,17(4)5)19(37)14-33-12-13-34(25(33)43)15-20(38)39/h16-18,21H,7-15,31H2,1-6H3,(H,32,41)(H,38,39)/t18-,21+,27-/m1/s1. The molecule has 2 rings (SSSR count). The number of urea groups is 2. The van der Waals surface area contributed by atoms with Gasteiger partial charge in [0.1, 0.15) is 12.6 Å². The summed E-state index contributed by atoms with van der Waals surface area (Å²) in [7, 11) is 0. The van der Waals surface area contributed by atoms with Crippen molar-refractivity contribution < 1.29 is 47.4 Å². The molecule has 2 fully saturated rings. The molecule has 4 N–H and O–H groups in total. The highest BCUT2D eigenvalue weighted by Crippen LogP contribution is 2.31. The number of hydrogen-bond acceptors (Lipinski definition) is 8. The molecule has 14 nitrogen and oxygen atoms in total. The van der Waals surface area contributed by atoms with Crippen molar-refractivity contribution in [2.75, 3.05) is 39.3 Å². The van der Waals surface area contributed by atoms with Crippen LogP contribution in [0.4, 0.5) is 18.4 Å². The molecular weight excluding hydrogens is 586 g/mol. The number of alkyl halides is 2. The van der Waals surface area contributed by atoms with Crippen LogP contribution in [0.5, 0.6) is 0 Å². The summed E-state index contributed by atoms with van der Waals surface area (Å²) in [5.74, 6) is -14.5. The van der Waals surface area contributed by atoms with Crippen LogP contribution in [0.15, 0.2) is 0 Å². The largest absolute Gasteiger partial charge is 0.480 e. The predicted molar refractivity (Wildman–Crippen MR) is 152 cm³/mol. The van der Waals surface area contributed by atoms with Crippen molar-refractivity contribution in [1.82, 2.24) is 24.9 Å². The molecule has 0 spiro atoms. The summed E-state index contributed by atoms with van der Waals surface area (Å²) >= 11 is 0. The first-order chi connectivity index (χ1) is 20.3. The van der Waals surface area contributed by atoms with Crippen molar-refractivity contribution in [2.24, 2.45) is 17.6 Å². The lowest BCUT2D eigenvalue weighted by atomic mass is 9.80. The number of hydrogen-bond donors (Lipinski definition) is 3. The van der Waals surface area contributed by atoms with Gasteiger partial charge in [0, 0.05) is 32.2 Å². The first-order valence-corrected chi connectivity index (χ1v) is 14.8. The maximum Gasteiger partial charge on any atom is 0.383 e. The van der Waals surface area contributed by atoms with Gasteiger partial charge in [-0.25, -0.2) is 9.59 Å². The second kappa shape index (κ2) is 14.4. The first kappa shape index (κ1) is 36.5. The maximum absolute atomic E-state index is 15.3. The second-order valence-electron chi connectivity index (χ2n) is 12.0. The summed E-state index contributed by atoms with van der Waals surface area (Å²) in [4.78, 5) is 95.2. The van der Waals surface area contributed by atoms with Crippen molar-refractivity contribution >= 4 is 41.4 Å². The molecule has 0 aliphatic carbocycles. The van der Waals surface area contributed by atoms with Crippen LogP contribution in [-0.4, -0.2) is 129 Å². The zero-order valence-corrected chi connectivity index (χ0v) is 26.1. The summed E-state index contributed by atoms with van der Waals surface area (Å²) in [6.07, 6.45) is 1.37. The Labute approximate surface area is 255 Å². The number of ketones is 2. The molecule has 44 heavy (non-hydrogen) atoms. The fraction of sp³-hybridized carbons (Fsp3) is 0.750. The quantitative estimate of drug-likeness (QED) is 0.234. The van der Waals surface area contributed by atoms with E-state index in [0.717, 1.165) is 9.80 Å². The number of carbonyl (C=O) groups excluding carboxylic acids is 6. The SMILES string of the molecule is CCCNC(=O)C(F)(F)C(=O)[C@H](C(C)C)N(C(=O)N1CCC[C@H]1C)C(=O)[C@](N)(C(=O)CN1CCN(CC(=O)O)C1=O)C(C)C. The Balaban J connectivity index is 2.60. The van der Waals surface area contributed by atoms with E-state index in [2.05, 4.69) is 0 Å². The molecule has 2 saturated heterocycles. The highest BCUT2D eigenvalue weighted by Gasteiger charge is 2.58. The zero-order valence-electron chi connectivity index (χ0n) is 26.1. The zero-order chi connectivity index (χ0) is 33.7. The molecule has 16 heteroatoms. The van der Waals surface area contributed by atoms with E-state index in [4.69, 9.17) is 10.8 Å². The number of likely N-dealkylation sites (tertiary alicyclic amines) is 1. The molecule has 2 aliphatic rings. The van der Waals surface area contributed by atoms with Gasteiger partial charge in [0.25, 0.3) is 11.8 Å². The van der Waals surface area contributed by atoms with Gasteiger partial charge < -0.3 is 30.9 Å². The lowest BCUT2D eigenvalue weighted by molar-refractivity contribution is -0.165. The van der Waals surface area contributed by atoms with Crippen LogP contribution in [0.3, 0.4) is 0 Å². The van der Waals surface area contributed by atoms with E-state index in [1.807, 2.05) is 5.32 Å². The third kappa shape index (κ3) is 7.33. The molecule has 2 aliphatic heterocycles. The average Bonchev–Trinajstić information content (AvgIpc) is 3.52. The molecule has 3 atom stereocenters. The summed E-state index contributed by atoms with van der Waals surface area (Å²) in [5.41, 5.74) is 3.90. The molecule has 0 aromatic heterocycles. The van der Waals surface area contributed by atoms with Crippen LogP contribution in [0.1, 0.15) is 60.8 Å². The van der Waals surface area contributed by atoms with Crippen LogP contribution >= 0.6 is 0 Å². The second-order valence-corrected chi connectivity index (χ2v) is 12.0. The molecule has 2 heterocycles. The van der Waals surface area contributed by atoms with E-state index in [9.17, 15) is 33.6 Å². The predicted octanol–water partition coefficient (Wildman–Crippen LogP) is 0.919. The molecule has 0 unspecified atom stereocenters. The number of halogens is 2. The van der Waals surface area contributed by atoms with Crippen molar-refractivity contribution in [2.45, 2.75) is 84.4 Å². The number of amides is 6. The fourth-order valence-corrected chi connectivity index (χ4v) is 5.33. The summed E-state index contributed by atoms with van der Waals surface area (Å²) in [6.45, 7) is 7.28. The average molecular weight is 631 g/mol. The van der Waals surface area contributed by atoms with Gasteiger partial charge >= 0.3 is 24.0 Å². The van der Waals surface area contributed by atoms with E-state index in [0.29, 0.717) is 24.2 Å². The first-order valence-electron chi connectivity index (χ1n) is 14.8. The minimum atomic E-state index is -4.63.